The number of thioether (sulfide) groups is 1. The van der Waals surface area contributed by atoms with Crippen LogP contribution in [0.1, 0.15) is 5.56 Å². The molecule has 0 atom stereocenters. The van der Waals surface area contributed by atoms with Gasteiger partial charge in [0.05, 0.1) is 0 Å². The van der Waals surface area contributed by atoms with E-state index in [1.807, 2.05) is 0 Å². The third-order valence-corrected chi connectivity index (χ3v) is 4.57. The lowest BCUT2D eigenvalue weighted by Crippen LogP contribution is -1.99. The highest BCUT2D eigenvalue weighted by atomic mass is 32.2. The highest BCUT2D eigenvalue weighted by Crippen LogP contribution is 2.30. The Labute approximate surface area is 118 Å². The van der Waals surface area contributed by atoms with Crippen LogP contribution in [0, 0.1) is 0 Å². The van der Waals surface area contributed by atoms with Gasteiger partial charge in [-0.2, -0.15) is 0 Å². The second-order valence-electron chi connectivity index (χ2n) is 4.05. The summed E-state index contributed by atoms with van der Waals surface area (Å²) in [5.41, 5.74) is 12.6. The molecule has 0 radical (unpaired) electrons. The Balaban J connectivity index is 1.82. The Morgan fingerprint density at radius 2 is 1.84 bits per heavy atom. The minimum absolute atomic E-state index is 0.408. The average Bonchev–Trinajstić information content (AvgIpc) is 2.78. The van der Waals surface area contributed by atoms with Gasteiger partial charge in [-0.05, 0) is 22.4 Å². The molecular weight excluding hydrogens is 276 g/mol. The van der Waals surface area contributed by atoms with Gasteiger partial charge in [0, 0.05) is 16.5 Å². The SMILES string of the molecule is Nc1cc(N)nc(SCc2csc3ccccc23)n1. The minimum atomic E-state index is 0.408. The molecule has 1 aromatic carbocycles. The van der Waals surface area contributed by atoms with Crippen LogP contribution in [0.2, 0.25) is 0 Å². The van der Waals surface area contributed by atoms with Crippen LogP contribution < -0.4 is 11.5 Å². The number of hydrogen-bond donors (Lipinski definition) is 2. The molecule has 2 heterocycles. The first kappa shape index (κ1) is 12.3. The van der Waals surface area contributed by atoms with Gasteiger partial charge < -0.3 is 11.5 Å². The van der Waals surface area contributed by atoms with E-state index in [2.05, 4.69) is 39.6 Å². The van der Waals surface area contributed by atoms with Crippen molar-refractivity contribution in [3.05, 3.63) is 41.3 Å². The van der Waals surface area contributed by atoms with Gasteiger partial charge in [-0.15, -0.1) is 11.3 Å². The molecule has 6 heteroatoms. The quantitative estimate of drug-likeness (QED) is 0.572. The Morgan fingerprint density at radius 1 is 1.11 bits per heavy atom. The van der Waals surface area contributed by atoms with Gasteiger partial charge in [0.25, 0.3) is 0 Å². The van der Waals surface area contributed by atoms with Crippen molar-refractivity contribution < 1.29 is 0 Å². The molecule has 0 aliphatic carbocycles. The molecule has 19 heavy (non-hydrogen) atoms. The van der Waals surface area contributed by atoms with Crippen molar-refractivity contribution >= 4 is 44.8 Å². The number of nitrogen functional groups attached to an aromatic ring is 2. The fourth-order valence-electron chi connectivity index (χ4n) is 1.81. The van der Waals surface area contributed by atoms with Gasteiger partial charge in [-0.25, -0.2) is 9.97 Å². The maximum atomic E-state index is 5.66. The Kier molecular flexibility index (Phi) is 3.27. The van der Waals surface area contributed by atoms with E-state index in [9.17, 15) is 0 Å². The van der Waals surface area contributed by atoms with Crippen LogP contribution in [0.4, 0.5) is 11.6 Å². The molecule has 4 N–H and O–H groups in total. The topological polar surface area (TPSA) is 77.8 Å². The summed E-state index contributed by atoms with van der Waals surface area (Å²) in [4.78, 5) is 8.33. The second-order valence-corrected chi connectivity index (χ2v) is 5.90. The average molecular weight is 288 g/mol. The molecule has 0 aliphatic rings. The van der Waals surface area contributed by atoms with Gasteiger partial charge in [-0.1, -0.05) is 30.0 Å². The van der Waals surface area contributed by atoms with Crippen LogP contribution in [0.5, 0.6) is 0 Å². The highest BCUT2D eigenvalue weighted by Gasteiger charge is 2.06. The normalized spacial score (nSPS) is 10.9. The highest BCUT2D eigenvalue weighted by molar-refractivity contribution is 7.98. The number of thiophene rings is 1. The third kappa shape index (κ3) is 2.64. The molecule has 0 fully saturated rings. The van der Waals surface area contributed by atoms with E-state index >= 15 is 0 Å². The number of hydrogen-bond acceptors (Lipinski definition) is 6. The van der Waals surface area contributed by atoms with E-state index in [-0.39, 0.29) is 0 Å². The van der Waals surface area contributed by atoms with E-state index in [1.165, 1.54) is 15.6 Å². The van der Waals surface area contributed by atoms with Crippen LogP contribution in [-0.4, -0.2) is 9.97 Å². The van der Waals surface area contributed by atoms with Crippen molar-refractivity contribution in [2.45, 2.75) is 10.9 Å². The zero-order valence-corrected chi connectivity index (χ0v) is 11.7. The number of anilines is 2. The molecule has 96 valence electrons. The van der Waals surface area contributed by atoms with Crippen LogP contribution in [0.3, 0.4) is 0 Å². The van der Waals surface area contributed by atoms with Gasteiger partial charge in [0.15, 0.2) is 5.16 Å². The molecule has 0 amide bonds. The summed E-state index contributed by atoms with van der Waals surface area (Å²) in [6, 6.07) is 9.93. The summed E-state index contributed by atoms with van der Waals surface area (Å²) < 4.78 is 1.30. The van der Waals surface area contributed by atoms with E-state index < -0.39 is 0 Å². The predicted octanol–water partition coefficient (Wildman–Crippen LogP) is 3.15. The first-order valence-electron chi connectivity index (χ1n) is 5.70. The number of aromatic nitrogens is 2. The van der Waals surface area contributed by atoms with Crippen LogP contribution in [0.25, 0.3) is 10.1 Å². The largest absolute Gasteiger partial charge is 0.383 e. The van der Waals surface area contributed by atoms with Gasteiger partial charge in [-0.3, -0.25) is 0 Å². The van der Waals surface area contributed by atoms with E-state index in [1.54, 1.807) is 29.2 Å². The summed E-state index contributed by atoms with van der Waals surface area (Å²) in [5, 5.41) is 4.08. The van der Waals surface area contributed by atoms with Gasteiger partial charge in [0.1, 0.15) is 11.6 Å². The maximum Gasteiger partial charge on any atom is 0.191 e. The molecule has 0 bridgehead atoms. The zero-order valence-electron chi connectivity index (χ0n) is 10.0. The van der Waals surface area contributed by atoms with Crippen molar-refractivity contribution in [3.8, 4) is 0 Å². The lowest BCUT2D eigenvalue weighted by atomic mass is 10.2. The Bertz CT molecular complexity index is 703. The molecule has 0 spiro atoms. The van der Waals surface area contributed by atoms with Crippen molar-refractivity contribution in [1.82, 2.24) is 9.97 Å². The minimum Gasteiger partial charge on any atom is -0.383 e. The zero-order chi connectivity index (χ0) is 13.2. The molecule has 2 aromatic heterocycles. The first-order chi connectivity index (χ1) is 9.22. The lowest BCUT2D eigenvalue weighted by Gasteiger charge is -2.02. The van der Waals surface area contributed by atoms with Gasteiger partial charge >= 0.3 is 0 Å². The number of benzene rings is 1. The van der Waals surface area contributed by atoms with Crippen LogP contribution in [0.15, 0.2) is 40.9 Å². The number of nitrogens with two attached hydrogens (primary N) is 2. The van der Waals surface area contributed by atoms with Gasteiger partial charge in [0.2, 0.25) is 0 Å². The lowest BCUT2D eigenvalue weighted by molar-refractivity contribution is 0.984. The van der Waals surface area contributed by atoms with Crippen molar-refractivity contribution in [3.63, 3.8) is 0 Å². The summed E-state index contributed by atoms with van der Waals surface area (Å²) >= 11 is 3.30. The first-order valence-corrected chi connectivity index (χ1v) is 7.57. The molecule has 0 aliphatic heterocycles. The number of fused-ring (bicyclic) bond motifs is 1. The molecule has 4 nitrogen and oxygen atoms in total. The van der Waals surface area contributed by atoms with Crippen molar-refractivity contribution in [2.75, 3.05) is 11.5 Å². The fourth-order valence-corrected chi connectivity index (χ4v) is 3.74. The summed E-state index contributed by atoms with van der Waals surface area (Å²) in [5.74, 6) is 1.63. The molecule has 3 rings (SSSR count). The third-order valence-electron chi connectivity index (χ3n) is 2.66. The summed E-state index contributed by atoms with van der Waals surface area (Å²) in [6.07, 6.45) is 0. The molecule has 3 aromatic rings. The monoisotopic (exact) mass is 288 g/mol. The standard InChI is InChI=1S/C13H12N4S2/c14-11-5-12(15)17-13(16-11)19-7-8-6-18-10-4-2-1-3-9(8)10/h1-6H,7H2,(H4,14,15,16,17). The second kappa shape index (κ2) is 5.07. The van der Waals surface area contributed by atoms with E-state index in [0.717, 1.165) is 5.75 Å². The van der Waals surface area contributed by atoms with Crippen molar-refractivity contribution in [1.29, 1.82) is 0 Å². The molecule has 0 unspecified atom stereocenters. The Hall–Kier alpha value is -1.79. The van der Waals surface area contributed by atoms with Crippen LogP contribution >= 0.6 is 23.1 Å². The number of nitrogens with zero attached hydrogens (tertiary/aromatic N) is 2. The molecule has 0 saturated heterocycles. The fraction of sp³-hybridized carbons (Fsp3) is 0.0769. The Morgan fingerprint density at radius 3 is 2.63 bits per heavy atom. The predicted molar refractivity (Wildman–Crippen MR) is 82.2 cm³/mol. The van der Waals surface area contributed by atoms with E-state index in [0.29, 0.717) is 16.8 Å². The molecule has 0 saturated carbocycles. The van der Waals surface area contributed by atoms with Crippen molar-refractivity contribution in [2.24, 2.45) is 0 Å². The van der Waals surface area contributed by atoms with E-state index in [4.69, 9.17) is 11.5 Å². The maximum absolute atomic E-state index is 5.66. The van der Waals surface area contributed by atoms with Crippen LogP contribution in [-0.2, 0) is 5.75 Å². The summed E-state index contributed by atoms with van der Waals surface area (Å²) in [6.45, 7) is 0. The number of rotatable bonds is 3. The summed E-state index contributed by atoms with van der Waals surface area (Å²) in [7, 11) is 0. The molecular formula is C13H12N4S2. The smallest absolute Gasteiger partial charge is 0.191 e.